The molecule has 2 heterocycles. The van der Waals surface area contributed by atoms with E-state index in [1.54, 1.807) is 88.4 Å². The van der Waals surface area contributed by atoms with Crippen molar-refractivity contribution in [2.24, 2.45) is 0 Å². The maximum Gasteiger partial charge on any atom is 0.329 e. The summed E-state index contributed by atoms with van der Waals surface area (Å²) >= 11 is 2.04. The molecular weight excluding hydrogens is 649 g/mol. The van der Waals surface area contributed by atoms with E-state index in [9.17, 15) is 44.1 Å². The minimum absolute atomic E-state index is 0.0671. The molecule has 4 rings (SSSR count). The molecule has 15 heteroatoms. The van der Waals surface area contributed by atoms with Crippen LogP contribution >= 0.6 is 23.5 Å². The van der Waals surface area contributed by atoms with Crippen LogP contribution in [0.2, 0.25) is 0 Å². The lowest BCUT2D eigenvalue weighted by Gasteiger charge is -2.36. The van der Waals surface area contributed by atoms with Gasteiger partial charge < -0.3 is 30.9 Å². The molecule has 2 aromatic carbocycles. The molecule has 2 saturated heterocycles. The van der Waals surface area contributed by atoms with Crippen LogP contribution in [0, 0.1) is 0 Å². The molecule has 13 nitrogen and oxygen atoms in total. The molecule has 2 aliphatic rings. The predicted molar refractivity (Wildman–Crippen MR) is 176 cm³/mol. The normalized spacial score (nSPS) is 24.1. The predicted octanol–water partition coefficient (Wildman–Crippen LogP) is 1.55. The molecule has 0 saturated carbocycles. The summed E-state index contributed by atoms with van der Waals surface area (Å²) in [7, 11) is 0. The standard InChI is InChI=1S/C32H38N4O9S2/c1-31(2)23(35-25(46-31)21(28(40)41)33-19(37)15-17-11-7-5-8-12-17)26(39)36-24(30(44)45)32(3,4)47-27(36)22(29(42)43)34-20(38)16-18-13-9-6-10-14-18/h5-14,21-25,27,35H,15-16H2,1-4H3,(H,33,37)(H,34,38)(H,40,41)(H,42,43)(H,44,45)/t21?,22?,23?,24?,25-,27-/m1/s1. The van der Waals surface area contributed by atoms with Crippen molar-refractivity contribution in [2.75, 3.05) is 0 Å². The number of carbonyl (C=O) groups is 6. The third kappa shape index (κ3) is 8.26. The van der Waals surface area contributed by atoms with Crippen LogP contribution in [0.3, 0.4) is 0 Å². The maximum atomic E-state index is 14.4. The molecule has 0 aromatic heterocycles. The molecule has 252 valence electrons. The van der Waals surface area contributed by atoms with Crippen molar-refractivity contribution in [1.29, 1.82) is 0 Å². The summed E-state index contributed by atoms with van der Waals surface area (Å²) in [5.74, 6) is -6.11. The third-order valence-corrected chi connectivity index (χ3v) is 11.1. The quantitative estimate of drug-likeness (QED) is 0.188. The van der Waals surface area contributed by atoms with Gasteiger partial charge in [-0.3, -0.25) is 19.7 Å². The summed E-state index contributed by atoms with van der Waals surface area (Å²) in [4.78, 5) is 78.8. The van der Waals surface area contributed by atoms with Crippen molar-refractivity contribution in [3.8, 4) is 0 Å². The van der Waals surface area contributed by atoms with Crippen LogP contribution in [0.5, 0.6) is 0 Å². The maximum absolute atomic E-state index is 14.4. The first-order chi connectivity index (χ1) is 22.0. The second kappa shape index (κ2) is 14.4. The van der Waals surface area contributed by atoms with Gasteiger partial charge in [0.15, 0.2) is 12.1 Å². The van der Waals surface area contributed by atoms with Crippen molar-refractivity contribution in [3.63, 3.8) is 0 Å². The highest BCUT2D eigenvalue weighted by atomic mass is 32.2. The summed E-state index contributed by atoms with van der Waals surface area (Å²) in [5.41, 5.74) is 1.31. The molecule has 6 N–H and O–H groups in total. The number of carboxylic acids is 3. The Morgan fingerprint density at radius 3 is 1.66 bits per heavy atom. The van der Waals surface area contributed by atoms with Crippen LogP contribution in [-0.2, 0) is 41.6 Å². The first kappa shape index (κ1) is 35.8. The lowest BCUT2D eigenvalue weighted by atomic mass is 9.96. The summed E-state index contributed by atoms with van der Waals surface area (Å²) in [5, 5.41) is 36.3. The van der Waals surface area contributed by atoms with Crippen molar-refractivity contribution in [1.82, 2.24) is 20.9 Å². The van der Waals surface area contributed by atoms with E-state index in [1.807, 2.05) is 0 Å². The van der Waals surface area contributed by atoms with Gasteiger partial charge in [0.05, 0.1) is 18.2 Å². The minimum atomic E-state index is -1.67. The van der Waals surface area contributed by atoms with E-state index in [0.29, 0.717) is 11.1 Å². The van der Waals surface area contributed by atoms with E-state index < -0.39 is 80.0 Å². The first-order valence-electron chi connectivity index (χ1n) is 14.8. The van der Waals surface area contributed by atoms with Crippen LogP contribution in [-0.4, -0.2) is 100 Å². The Morgan fingerprint density at radius 1 is 0.745 bits per heavy atom. The van der Waals surface area contributed by atoms with Gasteiger partial charge in [0.2, 0.25) is 17.7 Å². The molecular formula is C32H38N4O9S2. The molecule has 4 unspecified atom stereocenters. The molecule has 0 radical (unpaired) electrons. The number of thioether (sulfide) groups is 2. The van der Waals surface area contributed by atoms with Crippen molar-refractivity contribution in [2.45, 2.75) is 84.9 Å². The number of carboxylic acid groups (broad SMARTS) is 3. The van der Waals surface area contributed by atoms with Crippen molar-refractivity contribution in [3.05, 3.63) is 71.8 Å². The lowest BCUT2D eigenvalue weighted by molar-refractivity contribution is -0.154. The number of hydrogen-bond acceptors (Lipinski definition) is 9. The highest BCUT2D eigenvalue weighted by Gasteiger charge is 2.60. The summed E-state index contributed by atoms with van der Waals surface area (Å²) < 4.78 is -2.20. The average Bonchev–Trinajstić information content (AvgIpc) is 3.46. The minimum Gasteiger partial charge on any atom is -0.480 e. The number of carbonyl (C=O) groups excluding carboxylic acids is 3. The van der Waals surface area contributed by atoms with Gasteiger partial charge in [-0.05, 0) is 38.8 Å². The van der Waals surface area contributed by atoms with E-state index in [2.05, 4.69) is 16.0 Å². The van der Waals surface area contributed by atoms with Gasteiger partial charge in [0, 0.05) is 9.49 Å². The number of aliphatic carboxylic acids is 3. The van der Waals surface area contributed by atoms with Gasteiger partial charge in [-0.25, -0.2) is 14.4 Å². The monoisotopic (exact) mass is 686 g/mol. The molecule has 0 spiro atoms. The number of nitrogens with one attached hydrogen (secondary N) is 3. The van der Waals surface area contributed by atoms with E-state index >= 15 is 0 Å². The van der Waals surface area contributed by atoms with Crippen LogP contribution in [0.4, 0.5) is 0 Å². The zero-order valence-electron chi connectivity index (χ0n) is 26.2. The van der Waals surface area contributed by atoms with Crippen LogP contribution in [0.1, 0.15) is 38.8 Å². The smallest absolute Gasteiger partial charge is 0.329 e. The molecule has 2 aromatic rings. The zero-order chi connectivity index (χ0) is 34.7. The zero-order valence-corrected chi connectivity index (χ0v) is 27.8. The SMILES string of the molecule is CC1(C)S[C@H](C(NC(=O)Cc2ccccc2)C(=O)O)NC1C(=O)N1C(C(=O)O)C(C)(C)S[C@@H]1C(NC(=O)Cc1ccccc1)C(=O)O. The summed E-state index contributed by atoms with van der Waals surface area (Å²) in [6.07, 6.45) is -0.202. The fourth-order valence-electron chi connectivity index (χ4n) is 5.82. The fourth-order valence-corrected chi connectivity index (χ4v) is 8.93. The largest absolute Gasteiger partial charge is 0.480 e. The topological polar surface area (TPSA) is 202 Å². The molecule has 47 heavy (non-hydrogen) atoms. The fraction of sp³-hybridized carbons (Fsp3) is 0.438. The molecule has 2 aliphatic heterocycles. The number of nitrogens with zero attached hydrogens (tertiary/aromatic N) is 1. The Balaban J connectivity index is 1.60. The second-order valence-corrected chi connectivity index (χ2v) is 16.0. The van der Waals surface area contributed by atoms with Crippen molar-refractivity contribution >= 4 is 59.2 Å². The Kier molecular flexibility index (Phi) is 10.9. The molecule has 3 amide bonds. The Bertz CT molecular complexity index is 1520. The van der Waals surface area contributed by atoms with Gasteiger partial charge in [-0.2, -0.15) is 0 Å². The van der Waals surface area contributed by atoms with Gasteiger partial charge in [0.1, 0.15) is 17.5 Å². The lowest BCUT2D eigenvalue weighted by Crippen LogP contribution is -2.63. The van der Waals surface area contributed by atoms with E-state index in [4.69, 9.17) is 0 Å². The number of benzene rings is 2. The third-order valence-electron chi connectivity index (χ3n) is 8.00. The van der Waals surface area contributed by atoms with E-state index in [-0.39, 0.29) is 12.8 Å². The highest BCUT2D eigenvalue weighted by molar-refractivity contribution is 8.02. The number of amides is 3. The molecule has 0 aliphatic carbocycles. The van der Waals surface area contributed by atoms with Gasteiger partial charge in [-0.1, -0.05) is 60.7 Å². The Hall–Kier alpha value is -4.08. The molecule has 6 atom stereocenters. The highest BCUT2D eigenvalue weighted by Crippen LogP contribution is 2.48. The second-order valence-electron chi connectivity index (χ2n) is 12.4. The van der Waals surface area contributed by atoms with Crippen LogP contribution in [0.15, 0.2) is 60.7 Å². The van der Waals surface area contributed by atoms with Crippen molar-refractivity contribution < 1.29 is 44.1 Å². The van der Waals surface area contributed by atoms with Gasteiger partial charge in [-0.15, -0.1) is 23.5 Å². The number of rotatable bonds is 12. The summed E-state index contributed by atoms with van der Waals surface area (Å²) in [6, 6.07) is 11.6. The van der Waals surface area contributed by atoms with Crippen LogP contribution < -0.4 is 16.0 Å². The Morgan fingerprint density at radius 2 is 1.21 bits per heavy atom. The van der Waals surface area contributed by atoms with Gasteiger partial charge in [0.25, 0.3) is 0 Å². The van der Waals surface area contributed by atoms with Gasteiger partial charge >= 0.3 is 17.9 Å². The number of hydrogen-bond donors (Lipinski definition) is 6. The summed E-state index contributed by atoms with van der Waals surface area (Å²) in [6.45, 7) is 6.50. The van der Waals surface area contributed by atoms with E-state index in [0.717, 1.165) is 28.4 Å². The first-order valence-corrected chi connectivity index (χ1v) is 16.6. The Labute approximate surface area is 280 Å². The molecule has 0 bridgehead atoms. The molecule has 2 fully saturated rings. The van der Waals surface area contributed by atoms with Crippen LogP contribution in [0.25, 0.3) is 0 Å². The average molecular weight is 687 g/mol. The van der Waals surface area contributed by atoms with E-state index in [1.165, 1.54) is 0 Å².